The Morgan fingerprint density at radius 1 is 1.36 bits per heavy atom. The normalized spacial score (nSPS) is 10.6. The molecule has 2 heterocycles. The van der Waals surface area contributed by atoms with Crippen LogP contribution in [0.15, 0.2) is 17.9 Å². The van der Waals surface area contributed by atoms with Crippen LogP contribution in [0.25, 0.3) is 0 Å². The summed E-state index contributed by atoms with van der Waals surface area (Å²) in [5.74, 6) is 0. The van der Waals surface area contributed by atoms with Crippen LogP contribution in [0.1, 0.15) is 9.88 Å². The molecule has 0 amide bonds. The quantitative estimate of drug-likeness (QED) is 0.900. The van der Waals surface area contributed by atoms with Crippen LogP contribution in [-0.4, -0.2) is 9.97 Å². The van der Waals surface area contributed by atoms with Gasteiger partial charge in [0.1, 0.15) is 9.34 Å². The summed E-state index contributed by atoms with van der Waals surface area (Å²) in [4.78, 5) is 9.37. The van der Waals surface area contributed by atoms with Crippen LogP contribution in [0.2, 0.25) is 4.34 Å². The minimum Gasteiger partial charge on any atom is -0.305 e. The van der Waals surface area contributed by atoms with Crippen molar-refractivity contribution in [2.45, 2.75) is 13.1 Å². The number of thiazole rings is 2. The van der Waals surface area contributed by atoms with Crippen molar-refractivity contribution in [3.63, 3.8) is 0 Å². The first-order valence-corrected chi connectivity index (χ1v) is 6.10. The molecule has 2 aromatic rings. The molecule has 0 aliphatic rings. The lowest BCUT2D eigenvalue weighted by Gasteiger charge is -1.98. The Bertz CT molecular complexity index is 385. The standard InChI is InChI=1S/C8H8ClN3S2/c9-7-3-12-8(14-7)4-10-1-6-2-11-5-13-6/h2-3,5,10H,1,4H2. The molecule has 0 fully saturated rings. The largest absolute Gasteiger partial charge is 0.305 e. The second-order valence-electron chi connectivity index (χ2n) is 2.63. The molecule has 0 aliphatic carbocycles. The first kappa shape index (κ1) is 10.0. The summed E-state index contributed by atoms with van der Waals surface area (Å²) in [5.41, 5.74) is 1.83. The van der Waals surface area contributed by atoms with Crippen LogP contribution in [0.3, 0.4) is 0 Å². The molecular weight excluding hydrogens is 238 g/mol. The first-order valence-electron chi connectivity index (χ1n) is 4.03. The molecule has 0 atom stereocenters. The van der Waals surface area contributed by atoms with E-state index in [-0.39, 0.29) is 0 Å². The fourth-order valence-corrected chi connectivity index (χ4v) is 2.48. The third kappa shape index (κ3) is 2.75. The minimum atomic E-state index is 0.736. The Labute approximate surface area is 94.8 Å². The third-order valence-electron chi connectivity index (χ3n) is 1.58. The fraction of sp³-hybridized carbons (Fsp3) is 0.250. The van der Waals surface area contributed by atoms with Crippen molar-refractivity contribution in [1.82, 2.24) is 15.3 Å². The Hall–Kier alpha value is -0.490. The van der Waals surface area contributed by atoms with E-state index in [0.29, 0.717) is 0 Å². The first-order chi connectivity index (χ1) is 6.84. The monoisotopic (exact) mass is 245 g/mol. The molecule has 0 spiro atoms. The van der Waals surface area contributed by atoms with Gasteiger partial charge in [0.05, 0.1) is 11.7 Å². The second-order valence-corrected chi connectivity index (χ2v) is 5.35. The van der Waals surface area contributed by atoms with Crippen LogP contribution in [-0.2, 0) is 13.1 Å². The van der Waals surface area contributed by atoms with Gasteiger partial charge in [0.15, 0.2) is 0 Å². The van der Waals surface area contributed by atoms with Gasteiger partial charge < -0.3 is 5.32 Å². The lowest BCUT2D eigenvalue weighted by Crippen LogP contribution is -2.11. The van der Waals surface area contributed by atoms with Crippen LogP contribution >= 0.6 is 34.3 Å². The lowest BCUT2D eigenvalue weighted by molar-refractivity contribution is 0.696. The van der Waals surface area contributed by atoms with E-state index in [4.69, 9.17) is 11.6 Å². The highest BCUT2D eigenvalue weighted by molar-refractivity contribution is 7.15. The molecule has 0 aromatic carbocycles. The van der Waals surface area contributed by atoms with Crippen molar-refractivity contribution in [2.75, 3.05) is 0 Å². The Morgan fingerprint density at radius 3 is 2.93 bits per heavy atom. The predicted molar refractivity (Wildman–Crippen MR) is 59.8 cm³/mol. The maximum atomic E-state index is 5.76. The molecule has 0 saturated heterocycles. The Morgan fingerprint density at radius 2 is 2.29 bits per heavy atom. The van der Waals surface area contributed by atoms with Crippen molar-refractivity contribution in [1.29, 1.82) is 0 Å². The van der Waals surface area contributed by atoms with Gasteiger partial charge in [-0.25, -0.2) is 4.98 Å². The zero-order valence-electron chi connectivity index (χ0n) is 7.24. The van der Waals surface area contributed by atoms with Crippen molar-refractivity contribution in [3.05, 3.63) is 32.1 Å². The van der Waals surface area contributed by atoms with E-state index in [1.807, 2.05) is 11.7 Å². The number of nitrogens with one attached hydrogen (secondary N) is 1. The van der Waals surface area contributed by atoms with Gasteiger partial charge in [0.25, 0.3) is 0 Å². The molecule has 3 nitrogen and oxygen atoms in total. The number of rotatable bonds is 4. The van der Waals surface area contributed by atoms with Gasteiger partial charge in [-0.05, 0) is 0 Å². The predicted octanol–water partition coefficient (Wildman–Crippen LogP) is 2.54. The van der Waals surface area contributed by atoms with Crippen LogP contribution in [0.5, 0.6) is 0 Å². The van der Waals surface area contributed by atoms with Gasteiger partial charge in [-0.15, -0.1) is 22.7 Å². The van der Waals surface area contributed by atoms with Gasteiger partial charge in [0, 0.05) is 24.2 Å². The molecule has 0 unspecified atom stereocenters. The highest BCUT2D eigenvalue weighted by Crippen LogP contribution is 2.17. The van der Waals surface area contributed by atoms with Gasteiger partial charge in [-0.1, -0.05) is 11.6 Å². The Kier molecular flexibility index (Phi) is 3.47. The third-order valence-corrected chi connectivity index (χ3v) is 3.48. The van der Waals surface area contributed by atoms with E-state index >= 15 is 0 Å². The summed E-state index contributed by atoms with van der Waals surface area (Å²) in [6.07, 6.45) is 3.54. The SMILES string of the molecule is Clc1cnc(CNCc2cncs2)s1. The van der Waals surface area contributed by atoms with E-state index in [9.17, 15) is 0 Å². The molecule has 6 heteroatoms. The van der Waals surface area contributed by atoms with Crippen LogP contribution in [0, 0.1) is 0 Å². The summed E-state index contributed by atoms with van der Waals surface area (Å²) >= 11 is 8.91. The molecule has 2 aromatic heterocycles. The number of halogens is 1. The fourth-order valence-electron chi connectivity index (χ4n) is 0.992. The van der Waals surface area contributed by atoms with E-state index < -0.39 is 0 Å². The molecule has 14 heavy (non-hydrogen) atoms. The van der Waals surface area contributed by atoms with Crippen molar-refractivity contribution < 1.29 is 0 Å². The van der Waals surface area contributed by atoms with E-state index in [2.05, 4.69) is 15.3 Å². The number of aromatic nitrogens is 2. The van der Waals surface area contributed by atoms with Gasteiger partial charge in [-0.3, -0.25) is 4.98 Å². The summed E-state index contributed by atoms with van der Waals surface area (Å²) in [6, 6.07) is 0. The van der Waals surface area contributed by atoms with Gasteiger partial charge >= 0.3 is 0 Å². The minimum absolute atomic E-state index is 0.736. The average Bonchev–Trinajstić information content (AvgIpc) is 2.77. The van der Waals surface area contributed by atoms with Crippen LogP contribution < -0.4 is 5.32 Å². The van der Waals surface area contributed by atoms with Crippen molar-refractivity contribution >= 4 is 34.3 Å². The molecule has 74 valence electrons. The number of hydrogen-bond donors (Lipinski definition) is 1. The number of hydrogen-bond acceptors (Lipinski definition) is 5. The highest BCUT2D eigenvalue weighted by atomic mass is 35.5. The summed E-state index contributed by atoms with van der Waals surface area (Å²) in [7, 11) is 0. The lowest BCUT2D eigenvalue weighted by atomic mass is 10.5. The van der Waals surface area contributed by atoms with Crippen molar-refractivity contribution in [2.24, 2.45) is 0 Å². The smallest absolute Gasteiger partial charge is 0.113 e. The number of nitrogens with zero attached hydrogens (tertiary/aromatic N) is 2. The summed E-state index contributed by atoms with van der Waals surface area (Å²) in [5, 5.41) is 4.29. The molecule has 1 N–H and O–H groups in total. The topological polar surface area (TPSA) is 37.8 Å². The maximum absolute atomic E-state index is 5.76. The summed E-state index contributed by atoms with van der Waals surface area (Å²) in [6.45, 7) is 1.59. The second kappa shape index (κ2) is 4.84. The van der Waals surface area contributed by atoms with Crippen LogP contribution in [0.4, 0.5) is 0 Å². The van der Waals surface area contributed by atoms with Gasteiger partial charge in [0.2, 0.25) is 0 Å². The molecule has 2 rings (SSSR count). The summed E-state index contributed by atoms with van der Waals surface area (Å²) < 4.78 is 0.736. The zero-order chi connectivity index (χ0) is 9.80. The van der Waals surface area contributed by atoms with E-state index in [1.54, 1.807) is 17.5 Å². The highest BCUT2D eigenvalue weighted by Gasteiger charge is 1.99. The average molecular weight is 246 g/mol. The molecule has 0 saturated carbocycles. The van der Waals surface area contributed by atoms with E-state index in [1.165, 1.54) is 16.2 Å². The maximum Gasteiger partial charge on any atom is 0.113 e. The zero-order valence-corrected chi connectivity index (χ0v) is 9.62. The van der Waals surface area contributed by atoms with Gasteiger partial charge in [-0.2, -0.15) is 0 Å². The van der Waals surface area contributed by atoms with E-state index in [0.717, 1.165) is 22.4 Å². The molecule has 0 aliphatic heterocycles. The van der Waals surface area contributed by atoms with Crippen molar-refractivity contribution in [3.8, 4) is 0 Å². The molecule has 0 bridgehead atoms. The molecular formula is C8H8ClN3S2. The molecule has 0 radical (unpaired) electrons. The Balaban J connectivity index is 1.78.